The molecule has 0 radical (unpaired) electrons. The summed E-state index contributed by atoms with van der Waals surface area (Å²) in [4.78, 5) is 30.6. The second-order valence-corrected chi connectivity index (χ2v) is 3.76. The number of likely N-dealkylation sites (N-methyl/N-ethyl adjacent to an activating group) is 1. The quantitative estimate of drug-likeness (QED) is 0.412. The van der Waals surface area contributed by atoms with Crippen LogP contribution in [0.4, 0.5) is 0 Å². The van der Waals surface area contributed by atoms with Crippen molar-refractivity contribution in [3.63, 3.8) is 0 Å². The van der Waals surface area contributed by atoms with Crippen LogP contribution >= 0.6 is 0 Å². The third kappa shape index (κ3) is 4.56. The maximum absolute atomic E-state index is 11.6. The molecule has 0 aromatic heterocycles. The summed E-state index contributed by atoms with van der Waals surface area (Å²) >= 11 is 0. The summed E-state index contributed by atoms with van der Waals surface area (Å²) in [5, 5.41) is 0. The lowest BCUT2D eigenvalue weighted by Crippen LogP contribution is -2.49. The van der Waals surface area contributed by atoms with Crippen LogP contribution in [-0.2, 0) is 14.4 Å². The first kappa shape index (κ1) is 12.9. The molecule has 0 atom stereocenters. The molecule has 1 fully saturated rings. The highest BCUT2D eigenvalue weighted by Crippen LogP contribution is 1.98. The lowest BCUT2D eigenvalue weighted by molar-refractivity contribution is -0.136. The van der Waals surface area contributed by atoms with E-state index in [-0.39, 0.29) is 19.1 Å². The van der Waals surface area contributed by atoms with E-state index in [9.17, 15) is 9.59 Å². The number of carbonyl (C=O) groups is 2. The first-order chi connectivity index (χ1) is 7.59. The SMILES string of the molecule is CN1CCN(C(=O)CNOCC(N)=O)CC1. The van der Waals surface area contributed by atoms with Gasteiger partial charge in [0.15, 0.2) is 0 Å². The van der Waals surface area contributed by atoms with Crippen molar-refractivity contribution in [1.29, 1.82) is 0 Å². The molecule has 1 rings (SSSR count). The molecule has 7 heteroatoms. The van der Waals surface area contributed by atoms with Gasteiger partial charge in [-0.3, -0.25) is 14.4 Å². The van der Waals surface area contributed by atoms with Gasteiger partial charge in [0.2, 0.25) is 11.8 Å². The summed E-state index contributed by atoms with van der Waals surface area (Å²) in [6, 6.07) is 0. The number of nitrogens with zero attached hydrogens (tertiary/aromatic N) is 2. The number of amides is 2. The van der Waals surface area contributed by atoms with Gasteiger partial charge in [-0.1, -0.05) is 0 Å². The number of primary amides is 1. The van der Waals surface area contributed by atoms with E-state index in [1.807, 2.05) is 7.05 Å². The molecule has 0 saturated carbocycles. The van der Waals surface area contributed by atoms with Gasteiger partial charge in [0.25, 0.3) is 0 Å². The molecule has 1 heterocycles. The van der Waals surface area contributed by atoms with Crippen molar-refractivity contribution >= 4 is 11.8 Å². The van der Waals surface area contributed by atoms with E-state index in [0.29, 0.717) is 0 Å². The zero-order valence-corrected chi connectivity index (χ0v) is 9.44. The molecule has 0 aromatic rings. The first-order valence-electron chi connectivity index (χ1n) is 5.19. The van der Waals surface area contributed by atoms with Gasteiger partial charge in [-0.2, -0.15) is 5.48 Å². The van der Waals surface area contributed by atoms with E-state index >= 15 is 0 Å². The number of piperazine rings is 1. The van der Waals surface area contributed by atoms with Crippen LogP contribution < -0.4 is 11.2 Å². The molecule has 0 unspecified atom stereocenters. The Morgan fingerprint density at radius 3 is 2.50 bits per heavy atom. The van der Waals surface area contributed by atoms with Crippen LogP contribution in [0.5, 0.6) is 0 Å². The highest BCUT2D eigenvalue weighted by molar-refractivity contribution is 5.78. The van der Waals surface area contributed by atoms with E-state index in [2.05, 4.69) is 10.4 Å². The Labute approximate surface area is 94.5 Å². The average molecular weight is 230 g/mol. The Kier molecular flexibility index (Phi) is 5.17. The van der Waals surface area contributed by atoms with E-state index in [1.54, 1.807) is 4.90 Å². The monoisotopic (exact) mass is 230 g/mol. The fraction of sp³-hybridized carbons (Fsp3) is 0.778. The second kappa shape index (κ2) is 6.41. The minimum absolute atomic E-state index is 0.0300. The number of nitrogens with two attached hydrogens (primary N) is 1. The van der Waals surface area contributed by atoms with Gasteiger partial charge in [-0.05, 0) is 7.05 Å². The summed E-state index contributed by atoms with van der Waals surface area (Å²) in [5.41, 5.74) is 7.28. The number of hydroxylamine groups is 1. The fourth-order valence-corrected chi connectivity index (χ4v) is 1.40. The Balaban J connectivity index is 2.12. The molecule has 1 aliphatic rings. The third-order valence-electron chi connectivity index (χ3n) is 2.40. The predicted molar refractivity (Wildman–Crippen MR) is 57.2 cm³/mol. The van der Waals surface area contributed by atoms with Crippen LogP contribution in [0.15, 0.2) is 0 Å². The summed E-state index contributed by atoms with van der Waals surface area (Å²) in [7, 11) is 2.02. The summed E-state index contributed by atoms with van der Waals surface area (Å²) in [5.74, 6) is -0.600. The molecule has 0 aromatic carbocycles. The Bertz CT molecular complexity index is 251. The number of rotatable bonds is 5. The van der Waals surface area contributed by atoms with Gasteiger partial charge in [0.1, 0.15) is 13.2 Å². The van der Waals surface area contributed by atoms with Crippen LogP contribution in [0.25, 0.3) is 0 Å². The van der Waals surface area contributed by atoms with Crippen LogP contribution in [0.3, 0.4) is 0 Å². The normalized spacial score (nSPS) is 17.4. The molecule has 16 heavy (non-hydrogen) atoms. The first-order valence-corrected chi connectivity index (χ1v) is 5.19. The van der Waals surface area contributed by atoms with Crippen molar-refractivity contribution < 1.29 is 14.4 Å². The maximum Gasteiger partial charge on any atom is 0.245 e. The van der Waals surface area contributed by atoms with Gasteiger partial charge in [0, 0.05) is 26.2 Å². The molecule has 0 spiro atoms. The average Bonchev–Trinajstić information content (AvgIpc) is 2.25. The number of carbonyl (C=O) groups excluding carboxylic acids is 2. The molecular formula is C9H18N4O3. The molecule has 92 valence electrons. The largest absolute Gasteiger partial charge is 0.368 e. The highest BCUT2D eigenvalue weighted by atomic mass is 16.6. The van der Waals surface area contributed by atoms with Gasteiger partial charge in [0.05, 0.1) is 0 Å². The second-order valence-electron chi connectivity index (χ2n) is 3.76. The zero-order chi connectivity index (χ0) is 12.0. The molecule has 3 N–H and O–H groups in total. The number of hydrogen-bond donors (Lipinski definition) is 2. The molecule has 1 aliphatic heterocycles. The summed E-state index contributed by atoms with van der Waals surface area (Å²) in [6.45, 7) is 3.06. The zero-order valence-electron chi connectivity index (χ0n) is 9.44. The molecular weight excluding hydrogens is 212 g/mol. The predicted octanol–water partition coefficient (Wildman–Crippen LogP) is -2.23. The third-order valence-corrected chi connectivity index (χ3v) is 2.40. The van der Waals surface area contributed by atoms with Crippen LogP contribution in [-0.4, -0.2) is 68.0 Å². The van der Waals surface area contributed by atoms with Crippen molar-refractivity contribution in [1.82, 2.24) is 15.3 Å². The minimum Gasteiger partial charge on any atom is -0.368 e. The highest BCUT2D eigenvalue weighted by Gasteiger charge is 2.18. The Morgan fingerprint density at radius 2 is 1.94 bits per heavy atom. The summed E-state index contributed by atoms with van der Waals surface area (Å²) in [6.07, 6.45) is 0. The van der Waals surface area contributed by atoms with Crippen LogP contribution in [0.1, 0.15) is 0 Å². The fourth-order valence-electron chi connectivity index (χ4n) is 1.40. The molecule has 1 saturated heterocycles. The van der Waals surface area contributed by atoms with Crippen molar-refractivity contribution in [2.24, 2.45) is 5.73 Å². The molecule has 7 nitrogen and oxygen atoms in total. The topological polar surface area (TPSA) is 87.9 Å². The lowest BCUT2D eigenvalue weighted by atomic mass is 10.3. The van der Waals surface area contributed by atoms with Gasteiger partial charge >= 0.3 is 0 Å². The maximum atomic E-state index is 11.6. The standard InChI is InChI=1S/C9H18N4O3/c1-12-2-4-13(5-3-12)9(15)6-11-16-7-8(10)14/h11H,2-7H2,1H3,(H2,10,14). The van der Waals surface area contributed by atoms with E-state index in [1.165, 1.54) is 0 Å². The molecule has 2 amide bonds. The van der Waals surface area contributed by atoms with Crippen molar-refractivity contribution in [3.05, 3.63) is 0 Å². The van der Waals surface area contributed by atoms with Gasteiger partial charge in [-0.25, -0.2) is 0 Å². The smallest absolute Gasteiger partial charge is 0.245 e. The van der Waals surface area contributed by atoms with E-state index < -0.39 is 5.91 Å². The van der Waals surface area contributed by atoms with Gasteiger partial charge in [-0.15, -0.1) is 0 Å². The number of hydrogen-bond acceptors (Lipinski definition) is 5. The van der Waals surface area contributed by atoms with Crippen molar-refractivity contribution in [2.75, 3.05) is 46.4 Å². The Morgan fingerprint density at radius 1 is 1.31 bits per heavy atom. The van der Waals surface area contributed by atoms with Crippen LogP contribution in [0, 0.1) is 0 Å². The van der Waals surface area contributed by atoms with E-state index in [4.69, 9.17) is 10.6 Å². The lowest BCUT2D eigenvalue weighted by Gasteiger charge is -2.32. The number of nitrogens with one attached hydrogen (secondary N) is 1. The van der Waals surface area contributed by atoms with Crippen molar-refractivity contribution in [3.8, 4) is 0 Å². The minimum atomic E-state index is -0.570. The summed E-state index contributed by atoms with van der Waals surface area (Å²) < 4.78 is 0. The Hall–Kier alpha value is -1.18. The van der Waals surface area contributed by atoms with Crippen LogP contribution in [0.2, 0.25) is 0 Å². The molecule has 0 aliphatic carbocycles. The van der Waals surface area contributed by atoms with Crippen molar-refractivity contribution in [2.45, 2.75) is 0 Å². The molecule has 0 bridgehead atoms. The van der Waals surface area contributed by atoms with Gasteiger partial charge < -0.3 is 15.5 Å². The van der Waals surface area contributed by atoms with E-state index in [0.717, 1.165) is 26.2 Å².